The first-order chi connectivity index (χ1) is 13.5. The van der Waals surface area contributed by atoms with Crippen molar-refractivity contribution in [3.05, 3.63) is 29.7 Å². The number of hydrogen-bond acceptors (Lipinski definition) is 6. The van der Waals surface area contributed by atoms with E-state index in [1.807, 2.05) is 31.0 Å². The summed E-state index contributed by atoms with van der Waals surface area (Å²) in [5, 5.41) is 12.6. The zero-order valence-corrected chi connectivity index (χ0v) is 17.1. The quantitative estimate of drug-likeness (QED) is 0.729. The lowest BCUT2D eigenvalue weighted by Gasteiger charge is -2.22. The molecule has 8 nitrogen and oxygen atoms in total. The Hall–Kier alpha value is -2.61. The van der Waals surface area contributed by atoms with Crippen molar-refractivity contribution in [2.24, 2.45) is 7.05 Å². The largest absolute Gasteiger partial charge is 0.379 e. The number of pyridine rings is 1. The smallest absolute Gasteiger partial charge is 0.133 e. The number of ether oxygens (including phenoxy) is 1. The standard InChI is InChI=1S/C20H29N7O/c1-14(2)27-20-17(21-10-16-11-22-25(4)12-16)9-18(23-19(20)15(3)24-27)26-7-5-6-8-28-13-26/h9,11-12,14H,5-8,10,13H2,1-4H3,(H,21,23). The van der Waals surface area contributed by atoms with Crippen molar-refractivity contribution in [2.75, 3.05) is 30.1 Å². The van der Waals surface area contributed by atoms with Gasteiger partial charge in [0.2, 0.25) is 0 Å². The van der Waals surface area contributed by atoms with E-state index in [1.165, 1.54) is 0 Å². The monoisotopic (exact) mass is 383 g/mol. The SMILES string of the molecule is Cc1nn(C(C)C)c2c(NCc3cnn(C)c3)cc(N3CCCCOC3)nc12. The summed E-state index contributed by atoms with van der Waals surface area (Å²) in [6.07, 6.45) is 6.12. The second-order valence-electron chi connectivity index (χ2n) is 7.73. The van der Waals surface area contributed by atoms with Gasteiger partial charge in [-0.15, -0.1) is 0 Å². The summed E-state index contributed by atoms with van der Waals surface area (Å²) < 4.78 is 9.64. The molecule has 0 atom stereocenters. The van der Waals surface area contributed by atoms with Gasteiger partial charge in [-0.3, -0.25) is 9.36 Å². The summed E-state index contributed by atoms with van der Waals surface area (Å²) in [7, 11) is 1.93. The molecule has 1 aliphatic heterocycles. The molecule has 0 bridgehead atoms. The van der Waals surface area contributed by atoms with Crippen molar-refractivity contribution in [3.8, 4) is 0 Å². The molecule has 4 heterocycles. The molecule has 0 radical (unpaired) electrons. The van der Waals surface area contributed by atoms with E-state index in [2.05, 4.69) is 39.9 Å². The number of aryl methyl sites for hydroxylation is 2. The Morgan fingerprint density at radius 3 is 2.89 bits per heavy atom. The average molecular weight is 384 g/mol. The van der Waals surface area contributed by atoms with Gasteiger partial charge in [0.25, 0.3) is 0 Å². The first kappa shape index (κ1) is 18.7. The second kappa shape index (κ2) is 7.79. The van der Waals surface area contributed by atoms with Crippen LogP contribution in [0.5, 0.6) is 0 Å². The van der Waals surface area contributed by atoms with Gasteiger partial charge in [0, 0.05) is 50.6 Å². The highest BCUT2D eigenvalue weighted by Gasteiger charge is 2.20. The van der Waals surface area contributed by atoms with Gasteiger partial charge in [-0.05, 0) is 33.6 Å². The Kier molecular flexibility index (Phi) is 5.21. The number of aromatic nitrogens is 5. The maximum Gasteiger partial charge on any atom is 0.133 e. The summed E-state index contributed by atoms with van der Waals surface area (Å²) in [6.45, 7) is 9.37. The van der Waals surface area contributed by atoms with Crippen LogP contribution in [0.3, 0.4) is 0 Å². The Bertz CT molecular complexity index is 951. The molecule has 1 saturated heterocycles. The molecule has 0 unspecified atom stereocenters. The van der Waals surface area contributed by atoms with Crippen LogP contribution >= 0.6 is 0 Å². The molecular weight excluding hydrogens is 354 g/mol. The van der Waals surface area contributed by atoms with Gasteiger partial charge in [-0.25, -0.2) is 4.98 Å². The minimum atomic E-state index is 0.254. The van der Waals surface area contributed by atoms with E-state index in [9.17, 15) is 0 Å². The fourth-order valence-electron chi connectivity index (χ4n) is 3.63. The Morgan fingerprint density at radius 1 is 1.29 bits per heavy atom. The van der Waals surface area contributed by atoms with Crippen LogP contribution in [0, 0.1) is 6.92 Å². The van der Waals surface area contributed by atoms with Gasteiger partial charge in [-0.2, -0.15) is 10.2 Å². The maximum absolute atomic E-state index is 5.75. The Morgan fingerprint density at radius 2 is 2.14 bits per heavy atom. The molecule has 1 N–H and O–H groups in total. The summed E-state index contributed by atoms with van der Waals surface area (Å²) >= 11 is 0. The molecular formula is C20H29N7O. The number of hydrogen-bond donors (Lipinski definition) is 1. The Labute approximate surface area is 165 Å². The van der Waals surface area contributed by atoms with E-state index in [0.717, 1.165) is 59.8 Å². The first-order valence-corrected chi connectivity index (χ1v) is 9.97. The second-order valence-corrected chi connectivity index (χ2v) is 7.73. The van der Waals surface area contributed by atoms with Crippen LogP contribution in [0.15, 0.2) is 18.5 Å². The van der Waals surface area contributed by atoms with E-state index >= 15 is 0 Å². The molecule has 3 aromatic rings. The molecule has 0 spiro atoms. The van der Waals surface area contributed by atoms with E-state index in [0.29, 0.717) is 13.3 Å². The minimum Gasteiger partial charge on any atom is -0.379 e. The summed E-state index contributed by atoms with van der Waals surface area (Å²) in [5.41, 5.74) is 5.13. The predicted octanol–water partition coefficient (Wildman–Crippen LogP) is 3.24. The summed E-state index contributed by atoms with van der Waals surface area (Å²) in [5.74, 6) is 0.939. The third-order valence-electron chi connectivity index (χ3n) is 5.08. The van der Waals surface area contributed by atoms with Gasteiger partial charge in [0.1, 0.15) is 23.6 Å². The van der Waals surface area contributed by atoms with Crippen LogP contribution in [-0.4, -0.2) is 44.4 Å². The van der Waals surface area contributed by atoms with Crippen molar-refractivity contribution < 1.29 is 4.74 Å². The number of anilines is 2. The minimum absolute atomic E-state index is 0.254. The van der Waals surface area contributed by atoms with Crippen LogP contribution in [-0.2, 0) is 18.3 Å². The molecule has 1 fully saturated rings. The molecule has 8 heteroatoms. The van der Waals surface area contributed by atoms with E-state index in [4.69, 9.17) is 14.8 Å². The molecule has 0 amide bonds. The molecule has 150 valence electrons. The van der Waals surface area contributed by atoms with Gasteiger partial charge < -0.3 is 15.0 Å². The van der Waals surface area contributed by atoms with Crippen LogP contribution in [0.4, 0.5) is 11.5 Å². The third-order valence-corrected chi connectivity index (χ3v) is 5.08. The summed E-state index contributed by atoms with van der Waals surface area (Å²) in [4.78, 5) is 7.19. The highest BCUT2D eigenvalue weighted by atomic mass is 16.5. The topological polar surface area (TPSA) is 73.0 Å². The zero-order chi connectivity index (χ0) is 19.7. The molecule has 0 aliphatic carbocycles. The lowest BCUT2D eigenvalue weighted by Crippen LogP contribution is -2.26. The van der Waals surface area contributed by atoms with Gasteiger partial charge in [0.05, 0.1) is 17.6 Å². The van der Waals surface area contributed by atoms with Crippen LogP contribution in [0.1, 0.15) is 44.0 Å². The number of rotatable bonds is 5. The fourth-order valence-corrected chi connectivity index (χ4v) is 3.63. The van der Waals surface area contributed by atoms with Crippen LogP contribution in [0.2, 0.25) is 0 Å². The van der Waals surface area contributed by atoms with Gasteiger partial charge >= 0.3 is 0 Å². The molecule has 1 aliphatic rings. The van der Waals surface area contributed by atoms with E-state index in [1.54, 1.807) is 0 Å². The molecule has 4 rings (SSSR count). The fraction of sp³-hybridized carbons (Fsp3) is 0.550. The van der Waals surface area contributed by atoms with E-state index < -0.39 is 0 Å². The normalized spacial score (nSPS) is 15.4. The van der Waals surface area contributed by atoms with Crippen molar-refractivity contribution in [2.45, 2.75) is 46.2 Å². The molecule has 0 saturated carbocycles. The van der Waals surface area contributed by atoms with Crippen molar-refractivity contribution >= 4 is 22.5 Å². The number of fused-ring (bicyclic) bond motifs is 1. The highest BCUT2D eigenvalue weighted by molar-refractivity contribution is 5.92. The first-order valence-electron chi connectivity index (χ1n) is 9.97. The summed E-state index contributed by atoms with van der Waals surface area (Å²) in [6, 6.07) is 2.39. The van der Waals surface area contributed by atoms with Crippen molar-refractivity contribution in [1.82, 2.24) is 24.5 Å². The van der Waals surface area contributed by atoms with Crippen LogP contribution < -0.4 is 10.2 Å². The number of nitrogens with zero attached hydrogens (tertiary/aromatic N) is 6. The lowest BCUT2D eigenvalue weighted by atomic mass is 10.2. The zero-order valence-electron chi connectivity index (χ0n) is 17.1. The maximum atomic E-state index is 5.75. The van der Waals surface area contributed by atoms with E-state index in [-0.39, 0.29) is 6.04 Å². The highest BCUT2D eigenvalue weighted by Crippen LogP contribution is 2.31. The Balaban J connectivity index is 1.76. The predicted molar refractivity (Wildman–Crippen MR) is 111 cm³/mol. The van der Waals surface area contributed by atoms with Crippen LogP contribution in [0.25, 0.3) is 11.0 Å². The third kappa shape index (κ3) is 3.69. The van der Waals surface area contributed by atoms with Gasteiger partial charge in [0.15, 0.2) is 0 Å². The average Bonchev–Trinajstić information content (AvgIpc) is 3.11. The van der Waals surface area contributed by atoms with Crippen molar-refractivity contribution in [3.63, 3.8) is 0 Å². The molecule has 28 heavy (non-hydrogen) atoms. The van der Waals surface area contributed by atoms with Crippen molar-refractivity contribution in [1.29, 1.82) is 0 Å². The lowest BCUT2D eigenvalue weighted by molar-refractivity contribution is 0.145. The van der Waals surface area contributed by atoms with Gasteiger partial charge in [-0.1, -0.05) is 0 Å². The molecule has 3 aromatic heterocycles. The molecule has 0 aromatic carbocycles. The number of nitrogens with one attached hydrogen (secondary N) is 1.